The molecule has 2 aliphatic rings. The topological polar surface area (TPSA) is 75.8 Å². The van der Waals surface area contributed by atoms with E-state index in [1.807, 2.05) is 4.90 Å². The maximum Gasteiger partial charge on any atom is 0.417 e. The summed E-state index contributed by atoms with van der Waals surface area (Å²) in [4.78, 5) is 23.5. The number of pyridine rings is 1. The van der Waals surface area contributed by atoms with Crippen molar-refractivity contribution in [2.75, 3.05) is 24.5 Å². The van der Waals surface area contributed by atoms with Crippen molar-refractivity contribution in [3.05, 3.63) is 46.4 Å². The molecule has 2 fully saturated rings. The zero-order valence-corrected chi connectivity index (χ0v) is 17.5. The summed E-state index contributed by atoms with van der Waals surface area (Å²) in [6.45, 7) is 8.46. The van der Waals surface area contributed by atoms with Crippen molar-refractivity contribution in [2.24, 2.45) is 0 Å². The Morgan fingerprint density at radius 2 is 1.91 bits per heavy atom. The van der Waals surface area contributed by atoms with Gasteiger partial charge < -0.3 is 19.4 Å². The number of hydrogen-bond acceptors (Lipinski definition) is 6. The van der Waals surface area contributed by atoms with Gasteiger partial charge in [-0.25, -0.2) is 4.98 Å². The van der Waals surface area contributed by atoms with Crippen LogP contribution in [0.2, 0.25) is 5.02 Å². The van der Waals surface area contributed by atoms with E-state index >= 15 is 0 Å². The molecule has 0 bridgehead atoms. The molecule has 2 saturated heterocycles. The van der Waals surface area contributed by atoms with E-state index in [4.69, 9.17) is 22.9 Å². The fourth-order valence-electron chi connectivity index (χ4n) is 3.94. The van der Waals surface area contributed by atoms with Gasteiger partial charge in [-0.3, -0.25) is 4.79 Å². The number of amides is 1. The molecule has 0 unspecified atom stereocenters. The average molecular weight is 467 g/mol. The normalized spacial score (nSPS) is 19.8. The van der Waals surface area contributed by atoms with Gasteiger partial charge in [-0.1, -0.05) is 18.2 Å². The van der Waals surface area contributed by atoms with Crippen molar-refractivity contribution >= 4 is 29.1 Å². The largest absolute Gasteiger partial charge is 0.462 e. The molecule has 0 N–H and O–H groups in total. The van der Waals surface area contributed by atoms with Crippen molar-refractivity contribution in [3.63, 3.8) is 0 Å². The Kier molecular flexibility index (Phi) is 6.06. The zero-order valence-electron chi connectivity index (χ0n) is 16.7. The molecular weight excluding hydrogens is 449 g/mol. The molecule has 0 aliphatic carbocycles. The van der Waals surface area contributed by atoms with E-state index in [0.717, 1.165) is 12.3 Å². The second kappa shape index (κ2) is 8.78. The van der Waals surface area contributed by atoms with Crippen molar-refractivity contribution in [3.8, 4) is 5.88 Å². The van der Waals surface area contributed by atoms with E-state index in [-0.39, 0.29) is 28.7 Å². The molecular formula is C20H18ClF3N6O2. The number of ether oxygens (including phenoxy) is 1. The van der Waals surface area contributed by atoms with Crippen LogP contribution in [-0.2, 0) is 11.0 Å². The van der Waals surface area contributed by atoms with E-state index in [2.05, 4.69) is 20.0 Å². The molecule has 2 aromatic rings. The van der Waals surface area contributed by atoms with Crippen LogP contribution in [0.25, 0.3) is 4.85 Å². The van der Waals surface area contributed by atoms with Gasteiger partial charge >= 0.3 is 6.18 Å². The minimum absolute atomic E-state index is 0.00357. The lowest BCUT2D eigenvalue weighted by atomic mass is 10.0. The predicted molar refractivity (Wildman–Crippen MR) is 109 cm³/mol. The quantitative estimate of drug-likeness (QED) is 0.639. The first-order chi connectivity index (χ1) is 15.3. The summed E-state index contributed by atoms with van der Waals surface area (Å²) in [5.41, 5.74) is -0.886. The van der Waals surface area contributed by atoms with Gasteiger partial charge in [0.25, 0.3) is 17.6 Å². The van der Waals surface area contributed by atoms with Crippen molar-refractivity contribution in [2.45, 2.75) is 37.6 Å². The van der Waals surface area contributed by atoms with Crippen LogP contribution in [0.3, 0.4) is 0 Å². The number of hydrogen-bond donors (Lipinski definition) is 0. The highest BCUT2D eigenvalue weighted by atomic mass is 35.5. The van der Waals surface area contributed by atoms with Crippen LogP contribution in [0.4, 0.5) is 24.8 Å². The molecule has 8 nitrogen and oxygen atoms in total. The second-order valence-electron chi connectivity index (χ2n) is 7.51. The van der Waals surface area contributed by atoms with E-state index in [1.165, 1.54) is 12.1 Å². The predicted octanol–water partition coefficient (Wildman–Crippen LogP) is 3.74. The van der Waals surface area contributed by atoms with Crippen molar-refractivity contribution in [1.82, 2.24) is 20.1 Å². The van der Waals surface area contributed by atoms with Gasteiger partial charge in [0, 0.05) is 43.4 Å². The Morgan fingerprint density at radius 3 is 2.50 bits per heavy atom. The number of aromatic nitrogens is 3. The number of piperidine rings is 1. The van der Waals surface area contributed by atoms with Crippen LogP contribution in [0.5, 0.6) is 5.88 Å². The van der Waals surface area contributed by atoms with Gasteiger partial charge in [-0.05, 0) is 36.1 Å². The molecule has 32 heavy (non-hydrogen) atoms. The molecule has 168 valence electrons. The summed E-state index contributed by atoms with van der Waals surface area (Å²) >= 11 is 6.06. The number of halogens is 4. The van der Waals surface area contributed by atoms with Crippen LogP contribution < -0.4 is 9.64 Å². The summed E-state index contributed by atoms with van der Waals surface area (Å²) in [5.74, 6) is 0.514. The minimum Gasteiger partial charge on any atom is -0.462 e. The van der Waals surface area contributed by atoms with Gasteiger partial charge in [0.2, 0.25) is 0 Å². The monoisotopic (exact) mass is 466 g/mol. The SMILES string of the molecule is [C-]#[N+]c1ccc(O[C@H]2CCN(C3CCN(c4ncc(C(F)(F)F)cc4Cl)CC3)C2=O)nn1. The molecule has 1 amide bonds. The lowest BCUT2D eigenvalue weighted by Crippen LogP contribution is -2.47. The lowest BCUT2D eigenvalue weighted by molar-refractivity contribution is -0.138. The van der Waals surface area contributed by atoms with Crippen LogP contribution in [0.15, 0.2) is 24.4 Å². The molecule has 0 spiro atoms. The van der Waals surface area contributed by atoms with Gasteiger partial charge in [-0.15, -0.1) is 0 Å². The van der Waals surface area contributed by atoms with Crippen LogP contribution in [0.1, 0.15) is 24.8 Å². The summed E-state index contributed by atoms with van der Waals surface area (Å²) in [6, 6.07) is 3.87. The maximum absolute atomic E-state index is 12.8. The summed E-state index contributed by atoms with van der Waals surface area (Å²) in [6.07, 6.45) is -2.59. The molecule has 0 saturated carbocycles. The fourth-order valence-corrected chi connectivity index (χ4v) is 4.22. The summed E-state index contributed by atoms with van der Waals surface area (Å²) in [7, 11) is 0. The Hall–Kier alpha value is -3.13. The van der Waals surface area contributed by atoms with E-state index in [1.54, 1.807) is 4.90 Å². The van der Waals surface area contributed by atoms with E-state index < -0.39 is 17.8 Å². The highest BCUT2D eigenvalue weighted by Crippen LogP contribution is 2.35. The van der Waals surface area contributed by atoms with Gasteiger partial charge in [0.05, 0.1) is 10.6 Å². The zero-order chi connectivity index (χ0) is 22.9. The van der Waals surface area contributed by atoms with Crippen molar-refractivity contribution in [1.29, 1.82) is 0 Å². The Balaban J connectivity index is 1.34. The summed E-state index contributed by atoms with van der Waals surface area (Å²) in [5, 5.41) is 7.46. The Labute approximate surface area is 186 Å². The number of carbonyl (C=O) groups is 1. The molecule has 0 aromatic carbocycles. The first kappa shape index (κ1) is 22.1. The Morgan fingerprint density at radius 1 is 1.16 bits per heavy atom. The first-order valence-corrected chi connectivity index (χ1v) is 10.3. The highest BCUT2D eigenvalue weighted by Gasteiger charge is 2.39. The molecule has 4 heterocycles. The number of alkyl halides is 3. The number of anilines is 1. The molecule has 12 heteroatoms. The molecule has 2 aliphatic heterocycles. The first-order valence-electron chi connectivity index (χ1n) is 9.92. The molecule has 0 radical (unpaired) electrons. The van der Waals surface area contributed by atoms with Crippen molar-refractivity contribution < 1.29 is 22.7 Å². The fraction of sp³-hybridized carbons (Fsp3) is 0.450. The van der Waals surface area contributed by atoms with Gasteiger partial charge in [0.1, 0.15) is 5.82 Å². The molecule has 2 aromatic heterocycles. The third-order valence-corrected chi connectivity index (χ3v) is 5.83. The number of rotatable bonds is 4. The minimum atomic E-state index is -4.50. The maximum atomic E-state index is 12.8. The number of carbonyl (C=O) groups excluding carboxylic acids is 1. The van der Waals surface area contributed by atoms with Crippen LogP contribution in [0, 0.1) is 6.57 Å². The van der Waals surface area contributed by atoms with E-state index in [0.29, 0.717) is 44.7 Å². The molecule has 1 atom stereocenters. The van der Waals surface area contributed by atoms with Gasteiger partial charge in [-0.2, -0.15) is 13.2 Å². The third-order valence-electron chi connectivity index (χ3n) is 5.55. The van der Waals surface area contributed by atoms with Gasteiger partial charge in [0.15, 0.2) is 6.10 Å². The smallest absolute Gasteiger partial charge is 0.417 e. The van der Waals surface area contributed by atoms with Crippen LogP contribution >= 0.6 is 11.6 Å². The number of likely N-dealkylation sites (tertiary alicyclic amines) is 1. The van der Waals surface area contributed by atoms with E-state index in [9.17, 15) is 18.0 Å². The average Bonchev–Trinajstić information content (AvgIpc) is 3.14. The summed E-state index contributed by atoms with van der Waals surface area (Å²) < 4.78 is 44.1. The standard InChI is InChI=1S/C20H18ClF3N6O2/c1-25-16-2-3-17(28-27-16)32-15-6-9-30(19(15)31)13-4-7-29(8-5-13)18-14(21)10-12(11-26-18)20(22,23)24/h2-3,10-11,13,15H,4-9H2/t15-/m0/s1. The van der Waals surface area contributed by atoms with Crippen LogP contribution in [-0.4, -0.2) is 57.8 Å². The Bertz CT molecular complexity index is 1040. The second-order valence-corrected chi connectivity index (χ2v) is 7.92. The lowest BCUT2D eigenvalue weighted by Gasteiger charge is -2.37. The molecule has 4 rings (SSSR count). The highest BCUT2D eigenvalue weighted by molar-refractivity contribution is 6.33. The third kappa shape index (κ3) is 4.55. The number of nitrogens with zero attached hydrogens (tertiary/aromatic N) is 6.